The summed E-state index contributed by atoms with van der Waals surface area (Å²) in [5.41, 5.74) is 0.362. The molecule has 0 amide bonds. The second kappa shape index (κ2) is 5.27. The summed E-state index contributed by atoms with van der Waals surface area (Å²) in [5.74, 6) is -0.763. The van der Waals surface area contributed by atoms with Gasteiger partial charge in [-0.1, -0.05) is 12.1 Å². The van der Waals surface area contributed by atoms with Crippen molar-refractivity contribution in [3.05, 3.63) is 47.2 Å². The molecule has 1 aromatic carbocycles. The smallest absolute Gasteiger partial charge is 0.162 e. The van der Waals surface area contributed by atoms with Crippen molar-refractivity contribution < 1.29 is 13.5 Å². The van der Waals surface area contributed by atoms with Gasteiger partial charge in [-0.05, 0) is 31.2 Å². The fourth-order valence-electron chi connectivity index (χ4n) is 1.95. The second-order valence-corrected chi connectivity index (χ2v) is 4.00. The lowest BCUT2D eigenvalue weighted by Crippen LogP contribution is -2.30. The molecule has 1 aliphatic rings. The number of likely N-dealkylation sites (N-methyl/N-ethyl adjacent to an activating group) is 1. The van der Waals surface area contributed by atoms with Gasteiger partial charge in [0, 0.05) is 6.42 Å². The minimum atomic E-state index is -0.807. The van der Waals surface area contributed by atoms with Crippen LogP contribution in [0.15, 0.2) is 30.0 Å². The molecule has 1 heterocycles. The predicted molar refractivity (Wildman–Crippen MR) is 61.6 cm³/mol. The molecule has 1 aliphatic heterocycles. The van der Waals surface area contributed by atoms with Gasteiger partial charge in [-0.15, -0.1) is 0 Å². The summed E-state index contributed by atoms with van der Waals surface area (Å²) in [7, 11) is 1.78. The van der Waals surface area contributed by atoms with Crippen LogP contribution in [0.4, 0.5) is 8.78 Å². The molecule has 0 saturated carbocycles. The Morgan fingerprint density at radius 1 is 1.41 bits per heavy atom. The van der Waals surface area contributed by atoms with E-state index in [2.05, 4.69) is 5.32 Å². The first kappa shape index (κ1) is 12.0. The molecule has 17 heavy (non-hydrogen) atoms. The maximum atomic E-state index is 13.5. The van der Waals surface area contributed by atoms with Crippen LogP contribution in [0.1, 0.15) is 12.0 Å². The highest BCUT2D eigenvalue weighted by Crippen LogP contribution is 2.19. The molecule has 0 bridgehead atoms. The topological polar surface area (TPSA) is 21.3 Å². The molecule has 0 radical (unpaired) electrons. The van der Waals surface area contributed by atoms with Crippen molar-refractivity contribution in [3.8, 4) is 0 Å². The Morgan fingerprint density at radius 3 is 2.88 bits per heavy atom. The highest BCUT2D eigenvalue weighted by atomic mass is 19.2. The first-order valence-corrected chi connectivity index (χ1v) is 5.65. The molecule has 0 fully saturated rings. The van der Waals surface area contributed by atoms with Crippen LogP contribution >= 0.6 is 0 Å². The molecular formula is C13H15F2NO. The number of nitrogens with one attached hydrogen (secondary N) is 1. The minimum absolute atomic E-state index is 0.103. The number of benzene rings is 1. The summed E-state index contributed by atoms with van der Waals surface area (Å²) in [6, 6.07) is 4.13. The Balaban J connectivity index is 2.15. The third-order valence-electron chi connectivity index (χ3n) is 2.88. The lowest BCUT2D eigenvalue weighted by Gasteiger charge is -2.17. The third-order valence-corrected chi connectivity index (χ3v) is 2.88. The monoisotopic (exact) mass is 239 g/mol. The Hall–Kier alpha value is -1.42. The average Bonchev–Trinajstić information content (AvgIpc) is 2.85. The van der Waals surface area contributed by atoms with Gasteiger partial charge in [0.1, 0.15) is 5.76 Å². The molecule has 0 aliphatic carbocycles. The zero-order valence-corrected chi connectivity index (χ0v) is 9.67. The van der Waals surface area contributed by atoms with Crippen molar-refractivity contribution in [2.75, 3.05) is 13.7 Å². The van der Waals surface area contributed by atoms with Gasteiger partial charge in [0.05, 0.1) is 12.6 Å². The molecule has 1 atom stereocenters. The number of rotatable bonds is 4. The van der Waals surface area contributed by atoms with Gasteiger partial charge in [0.2, 0.25) is 0 Å². The van der Waals surface area contributed by atoms with E-state index in [1.54, 1.807) is 13.1 Å². The zero-order valence-electron chi connectivity index (χ0n) is 9.67. The molecule has 1 N–H and O–H groups in total. The van der Waals surface area contributed by atoms with Crippen LogP contribution in [0.5, 0.6) is 0 Å². The van der Waals surface area contributed by atoms with Crippen LogP contribution in [0.2, 0.25) is 0 Å². The molecule has 2 rings (SSSR count). The number of ether oxygens (including phenoxy) is 1. The fourth-order valence-corrected chi connectivity index (χ4v) is 1.95. The fraction of sp³-hybridized carbons (Fsp3) is 0.385. The molecule has 1 aromatic rings. The van der Waals surface area contributed by atoms with E-state index in [4.69, 9.17) is 4.74 Å². The van der Waals surface area contributed by atoms with Crippen LogP contribution in [0, 0.1) is 11.6 Å². The highest BCUT2D eigenvalue weighted by Gasteiger charge is 2.19. The van der Waals surface area contributed by atoms with Crippen molar-refractivity contribution in [1.29, 1.82) is 0 Å². The number of hydrogen-bond acceptors (Lipinski definition) is 2. The van der Waals surface area contributed by atoms with Gasteiger partial charge in [-0.3, -0.25) is 0 Å². The normalized spacial score (nSPS) is 16.5. The summed E-state index contributed by atoms with van der Waals surface area (Å²) < 4.78 is 32.0. The van der Waals surface area contributed by atoms with Crippen LogP contribution in [0.3, 0.4) is 0 Å². The first-order valence-electron chi connectivity index (χ1n) is 5.65. The average molecular weight is 239 g/mol. The Bertz CT molecular complexity index is 431. The van der Waals surface area contributed by atoms with Crippen molar-refractivity contribution >= 4 is 0 Å². The van der Waals surface area contributed by atoms with Crippen LogP contribution in [-0.2, 0) is 11.2 Å². The molecule has 1 unspecified atom stereocenters. The van der Waals surface area contributed by atoms with E-state index in [-0.39, 0.29) is 6.04 Å². The van der Waals surface area contributed by atoms with Crippen molar-refractivity contribution in [2.45, 2.75) is 18.9 Å². The quantitative estimate of drug-likeness (QED) is 0.871. The second-order valence-electron chi connectivity index (χ2n) is 4.00. The van der Waals surface area contributed by atoms with E-state index in [0.717, 1.165) is 18.2 Å². The van der Waals surface area contributed by atoms with E-state index in [1.807, 2.05) is 6.08 Å². The maximum absolute atomic E-state index is 13.5. The Morgan fingerprint density at radius 2 is 2.24 bits per heavy atom. The van der Waals surface area contributed by atoms with E-state index in [1.165, 1.54) is 6.07 Å². The van der Waals surface area contributed by atoms with E-state index < -0.39 is 11.6 Å². The molecule has 2 nitrogen and oxygen atoms in total. The number of hydrogen-bond donors (Lipinski definition) is 1. The van der Waals surface area contributed by atoms with E-state index >= 15 is 0 Å². The van der Waals surface area contributed by atoms with Crippen LogP contribution < -0.4 is 5.32 Å². The Kier molecular flexibility index (Phi) is 3.74. The van der Waals surface area contributed by atoms with Crippen molar-refractivity contribution in [2.24, 2.45) is 0 Å². The maximum Gasteiger partial charge on any atom is 0.162 e. The largest absolute Gasteiger partial charge is 0.496 e. The molecule has 4 heteroatoms. The molecule has 0 aromatic heterocycles. The van der Waals surface area contributed by atoms with Gasteiger partial charge in [0.15, 0.2) is 11.6 Å². The lowest BCUT2D eigenvalue weighted by atomic mass is 10.0. The molecule has 0 saturated heterocycles. The standard InChI is InChI=1S/C13H15F2NO/c1-16-11(12-6-3-7-17-12)8-9-4-2-5-10(14)13(9)15/h2,4-6,11,16H,3,7-8H2,1H3. The van der Waals surface area contributed by atoms with Gasteiger partial charge in [-0.25, -0.2) is 8.78 Å². The summed E-state index contributed by atoms with van der Waals surface area (Å²) in [6.45, 7) is 0.666. The van der Waals surface area contributed by atoms with Gasteiger partial charge >= 0.3 is 0 Å². The molecule has 0 spiro atoms. The predicted octanol–water partition coefficient (Wildman–Crippen LogP) is 2.40. The van der Waals surface area contributed by atoms with Crippen LogP contribution in [-0.4, -0.2) is 19.7 Å². The van der Waals surface area contributed by atoms with Crippen LogP contribution in [0.25, 0.3) is 0 Å². The van der Waals surface area contributed by atoms with Crippen molar-refractivity contribution in [3.63, 3.8) is 0 Å². The Labute approximate surface area is 99.3 Å². The van der Waals surface area contributed by atoms with E-state index in [9.17, 15) is 8.78 Å². The van der Waals surface area contributed by atoms with Gasteiger partial charge in [-0.2, -0.15) is 0 Å². The summed E-state index contributed by atoms with van der Waals surface area (Å²) in [4.78, 5) is 0. The molecule has 92 valence electrons. The third kappa shape index (κ3) is 2.64. The number of halogens is 2. The highest BCUT2D eigenvalue weighted by molar-refractivity contribution is 5.22. The van der Waals surface area contributed by atoms with E-state index in [0.29, 0.717) is 18.6 Å². The summed E-state index contributed by atoms with van der Waals surface area (Å²) >= 11 is 0. The summed E-state index contributed by atoms with van der Waals surface area (Å²) in [5, 5.41) is 3.06. The van der Waals surface area contributed by atoms with Crippen molar-refractivity contribution in [1.82, 2.24) is 5.32 Å². The first-order chi connectivity index (χ1) is 8.22. The molecular weight excluding hydrogens is 224 g/mol. The minimum Gasteiger partial charge on any atom is -0.496 e. The van der Waals surface area contributed by atoms with Gasteiger partial charge < -0.3 is 10.1 Å². The zero-order chi connectivity index (χ0) is 12.3. The lowest BCUT2D eigenvalue weighted by molar-refractivity contribution is 0.216. The SMILES string of the molecule is CNC(Cc1cccc(F)c1F)C1=CCCO1. The summed E-state index contributed by atoms with van der Waals surface area (Å²) in [6.07, 6.45) is 3.24. The van der Waals surface area contributed by atoms with Gasteiger partial charge in [0.25, 0.3) is 0 Å².